The topological polar surface area (TPSA) is 82.9 Å². The number of aromatic nitrogens is 1. The summed E-state index contributed by atoms with van der Waals surface area (Å²) in [6, 6.07) is 13.4. The summed E-state index contributed by atoms with van der Waals surface area (Å²) in [7, 11) is 1.59. The number of hydrogen-bond acceptors (Lipinski definition) is 6. The second-order valence-electron chi connectivity index (χ2n) is 10.0. The van der Waals surface area contributed by atoms with Crippen LogP contribution in [0.25, 0.3) is 10.9 Å². The van der Waals surface area contributed by atoms with Gasteiger partial charge in [0.05, 0.1) is 30.2 Å². The summed E-state index contributed by atoms with van der Waals surface area (Å²) in [5.74, 6) is 0.882. The van der Waals surface area contributed by atoms with E-state index in [0.717, 1.165) is 60.6 Å². The summed E-state index contributed by atoms with van der Waals surface area (Å²) in [5.41, 5.74) is 1.01. The van der Waals surface area contributed by atoms with Gasteiger partial charge in [0.2, 0.25) is 0 Å². The first kappa shape index (κ1) is 29.0. The van der Waals surface area contributed by atoms with Crippen molar-refractivity contribution in [1.82, 2.24) is 9.88 Å². The third-order valence-corrected chi connectivity index (χ3v) is 9.09. The molecule has 2 N–H and O–H groups in total. The molecule has 1 fully saturated rings. The fraction of sp³-hybridized carbons (Fsp3) is 0.448. The number of methoxy groups -OCH3 is 1. The Morgan fingerprint density at radius 3 is 2.71 bits per heavy atom. The van der Waals surface area contributed by atoms with E-state index < -0.39 is 12.1 Å². The van der Waals surface area contributed by atoms with Gasteiger partial charge in [-0.05, 0) is 99.3 Å². The number of aliphatic hydroxyl groups excluding tert-OH is 1. The number of aliphatic hydroxyl groups is 1. The number of aliphatic carboxylic acids is 1. The largest absolute Gasteiger partial charge is 0.497 e. The van der Waals surface area contributed by atoms with Crippen LogP contribution in [0.15, 0.2) is 53.6 Å². The Hall–Kier alpha value is -2.03. The number of nitrogens with zero attached hydrogens (tertiary/aromatic N) is 2. The van der Waals surface area contributed by atoms with Crippen molar-refractivity contribution in [1.29, 1.82) is 0 Å². The Labute approximate surface area is 238 Å². The standard InChI is InChI=1S/C29H34Cl2N2O4S/c1-37-21-6-7-25-23(17-21)28(24(31)19-32-25)26(34)8-9-29(18-27(35)36)10-13-33(14-11-29)12-3-15-38-22-5-2-4-20(30)16-22/h2,4-7,16-17,19,26,34H,3,8-15,18H2,1H3,(H,35,36). The van der Waals surface area contributed by atoms with Gasteiger partial charge in [0, 0.05) is 27.1 Å². The lowest BCUT2D eigenvalue weighted by atomic mass is 9.71. The summed E-state index contributed by atoms with van der Waals surface area (Å²) >= 11 is 14.4. The molecule has 1 aliphatic rings. The first-order valence-corrected chi connectivity index (χ1v) is 14.7. The highest BCUT2D eigenvalue weighted by Crippen LogP contribution is 2.43. The number of ether oxygens (including phenoxy) is 1. The molecule has 0 spiro atoms. The summed E-state index contributed by atoms with van der Waals surface area (Å²) in [4.78, 5) is 19.8. The molecule has 2 aromatic carbocycles. The molecule has 1 aromatic heterocycles. The van der Waals surface area contributed by atoms with Gasteiger partial charge in [0.15, 0.2) is 0 Å². The molecular formula is C29H34Cl2N2O4S. The van der Waals surface area contributed by atoms with Gasteiger partial charge in [0.25, 0.3) is 0 Å². The summed E-state index contributed by atoms with van der Waals surface area (Å²) in [5, 5.41) is 22.8. The maximum Gasteiger partial charge on any atom is 0.303 e. The van der Waals surface area contributed by atoms with Crippen molar-refractivity contribution in [3.8, 4) is 5.75 Å². The number of carboxylic acid groups (broad SMARTS) is 1. The van der Waals surface area contributed by atoms with Crippen LogP contribution in [0.1, 0.15) is 50.2 Å². The van der Waals surface area contributed by atoms with Gasteiger partial charge < -0.3 is 19.8 Å². The predicted molar refractivity (Wildman–Crippen MR) is 155 cm³/mol. The molecule has 2 heterocycles. The SMILES string of the molecule is COc1ccc2ncc(Cl)c(C(O)CCC3(CC(=O)O)CCN(CCCSc4cccc(Cl)c4)CC3)c2c1. The molecule has 204 valence electrons. The molecule has 38 heavy (non-hydrogen) atoms. The second-order valence-corrected chi connectivity index (χ2v) is 12.0. The number of carboxylic acids is 1. The van der Waals surface area contributed by atoms with E-state index in [1.165, 1.54) is 4.90 Å². The molecule has 9 heteroatoms. The minimum Gasteiger partial charge on any atom is -0.497 e. The number of piperidine rings is 1. The van der Waals surface area contributed by atoms with Gasteiger partial charge in [-0.2, -0.15) is 0 Å². The number of fused-ring (bicyclic) bond motifs is 1. The molecule has 3 aromatic rings. The Morgan fingerprint density at radius 1 is 1.21 bits per heavy atom. The number of halogens is 2. The maximum absolute atomic E-state index is 11.8. The van der Waals surface area contributed by atoms with Crippen LogP contribution in [0.2, 0.25) is 10.0 Å². The molecule has 0 radical (unpaired) electrons. The van der Waals surface area contributed by atoms with E-state index in [1.54, 1.807) is 25.1 Å². The molecule has 1 atom stereocenters. The van der Waals surface area contributed by atoms with Crippen LogP contribution in [-0.4, -0.2) is 58.6 Å². The van der Waals surface area contributed by atoms with E-state index >= 15 is 0 Å². The van der Waals surface area contributed by atoms with Gasteiger partial charge in [-0.25, -0.2) is 0 Å². The molecule has 1 unspecified atom stereocenters. The van der Waals surface area contributed by atoms with Crippen molar-refractivity contribution in [2.24, 2.45) is 5.41 Å². The number of benzene rings is 2. The van der Waals surface area contributed by atoms with Gasteiger partial charge in [0.1, 0.15) is 5.75 Å². The van der Waals surface area contributed by atoms with Crippen LogP contribution < -0.4 is 4.74 Å². The summed E-state index contributed by atoms with van der Waals surface area (Å²) in [6.07, 6.45) is 4.54. The highest BCUT2D eigenvalue weighted by Gasteiger charge is 2.37. The Kier molecular flexibility index (Phi) is 10.2. The van der Waals surface area contributed by atoms with E-state index in [-0.39, 0.29) is 11.8 Å². The Bertz CT molecular complexity index is 1250. The van der Waals surface area contributed by atoms with Crippen molar-refractivity contribution < 1.29 is 19.7 Å². The molecule has 4 rings (SSSR count). The number of likely N-dealkylation sites (tertiary alicyclic amines) is 1. The van der Waals surface area contributed by atoms with Crippen LogP contribution in [0, 0.1) is 5.41 Å². The van der Waals surface area contributed by atoms with Gasteiger partial charge in [-0.3, -0.25) is 9.78 Å². The Balaban J connectivity index is 1.35. The minimum absolute atomic E-state index is 0.108. The second kappa shape index (κ2) is 13.4. The van der Waals surface area contributed by atoms with Gasteiger partial charge in [-0.15, -0.1) is 11.8 Å². The zero-order valence-corrected chi connectivity index (χ0v) is 23.9. The number of carbonyl (C=O) groups is 1. The number of rotatable bonds is 12. The molecule has 1 saturated heterocycles. The number of pyridine rings is 1. The first-order valence-electron chi connectivity index (χ1n) is 12.9. The highest BCUT2D eigenvalue weighted by molar-refractivity contribution is 7.99. The lowest BCUT2D eigenvalue weighted by Gasteiger charge is -2.41. The third-order valence-electron chi connectivity index (χ3n) is 7.48. The summed E-state index contributed by atoms with van der Waals surface area (Å²) < 4.78 is 5.36. The third kappa shape index (κ3) is 7.54. The Morgan fingerprint density at radius 2 is 2.00 bits per heavy atom. The normalized spacial score (nSPS) is 16.4. The molecule has 0 amide bonds. The smallest absolute Gasteiger partial charge is 0.303 e. The fourth-order valence-electron chi connectivity index (χ4n) is 5.34. The number of thioether (sulfide) groups is 1. The molecule has 0 saturated carbocycles. The van der Waals surface area contributed by atoms with E-state index in [1.807, 2.05) is 36.4 Å². The first-order chi connectivity index (χ1) is 18.3. The summed E-state index contributed by atoms with van der Waals surface area (Å²) in [6.45, 7) is 2.71. The van der Waals surface area contributed by atoms with Crippen molar-refractivity contribution in [3.05, 3.63) is 64.3 Å². The van der Waals surface area contributed by atoms with Crippen molar-refractivity contribution in [2.75, 3.05) is 32.5 Å². The van der Waals surface area contributed by atoms with Crippen LogP contribution in [-0.2, 0) is 4.79 Å². The molecule has 0 bridgehead atoms. The molecule has 0 aliphatic carbocycles. The van der Waals surface area contributed by atoms with Crippen LogP contribution in [0.3, 0.4) is 0 Å². The molecule has 6 nitrogen and oxygen atoms in total. The zero-order chi connectivity index (χ0) is 27.1. The van der Waals surface area contributed by atoms with Gasteiger partial charge in [-0.1, -0.05) is 29.3 Å². The quantitative estimate of drug-likeness (QED) is 0.175. The van der Waals surface area contributed by atoms with E-state index in [9.17, 15) is 15.0 Å². The highest BCUT2D eigenvalue weighted by atomic mass is 35.5. The van der Waals surface area contributed by atoms with Crippen LogP contribution >= 0.6 is 35.0 Å². The lowest BCUT2D eigenvalue weighted by molar-refractivity contribution is -0.141. The van der Waals surface area contributed by atoms with Crippen LogP contribution in [0.4, 0.5) is 0 Å². The maximum atomic E-state index is 11.8. The zero-order valence-electron chi connectivity index (χ0n) is 21.5. The van der Waals surface area contributed by atoms with Crippen molar-refractivity contribution >= 4 is 51.8 Å². The van der Waals surface area contributed by atoms with E-state index in [4.69, 9.17) is 27.9 Å². The molecule has 1 aliphatic heterocycles. The minimum atomic E-state index is -0.827. The monoisotopic (exact) mass is 576 g/mol. The van der Waals surface area contributed by atoms with Crippen LogP contribution in [0.5, 0.6) is 5.75 Å². The lowest BCUT2D eigenvalue weighted by Crippen LogP contribution is -2.41. The van der Waals surface area contributed by atoms with Crippen molar-refractivity contribution in [3.63, 3.8) is 0 Å². The average Bonchev–Trinajstić information content (AvgIpc) is 2.90. The van der Waals surface area contributed by atoms with E-state index in [2.05, 4.69) is 16.0 Å². The fourth-order valence-corrected chi connectivity index (χ4v) is 6.77. The van der Waals surface area contributed by atoms with Crippen molar-refractivity contribution in [2.45, 2.75) is 49.5 Å². The van der Waals surface area contributed by atoms with Gasteiger partial charge >= 0.3 is 5.97 Å². The van der Waals surface area contributed by atoms with E-state index in [0.29, 0.717) is 29.2 Å². The number of hydrogen-bond donors (Lipinski definition) is 2. The predicted octanol–water partition coefficient (Wildman–Crippen LogP) is 7.10. The average molecular weight is 578 g/mol. The molecular weight excluding hydrogens is 543 g/mol.